The van der Waals surface area contributed by atoms with Crippen molar-refractivity contribution in [1.29, 1.82) is 0 Å². The van der Waals surface area contributed by atoms with E-state index in [1.165, 1.54) is 12.1 Å². The molecule has 1 fully saturated rings. The van der Waals surface area contributed by atoms with Gasteiger partial charge in [-0.15, -0.1) is 0 Å². The number of halogens is 2. The summed E-state index contributed by atoms with van der Waals surface area (Å²) in [6, 6.07) is 11.5. The molecule has 4 rings (SSSR count). The summed E-state index contributed by atoms with van der Waals surface area (Å²) in [6.45, 7) is 0.624. The SMILES string of the molecule is CN1c2ccc(Br)cc2[C@@H]2[C@@H](CCN2C(=O)Nc2cccc(F)c2)[C@H]1CO. The van der Waals surface area contributed by atoms with Gasteiger partial charge in [-0.25, -0.2) is 9.18 Å². The average Bonchev–Trinajstić information content (AvgIpc) is 3.07. The maximum Gasteiger partial charge on any atom is 0.322 e. The summed E-state index contributed by atoms with van der Waals surface area (Å²) >= 11 is 3.53. The van der Waals surface area contributed by atoms with Crippen molar-refractivity contribution in [1.82, 2.24) is 4.90 Å². The second kappa shape index (κ2) is 7.13. The molecule has 0 radical (unpaired) electrons. The first-order chi connectivity index (χ1) is 13.0. The average molecular weight is 434 g/mol. The molecule has 142 valence electrons. The second-order valence-corrected chi connectivity index (χ2v) is 8.01. The summed E-state index contributed by atoms with van der Waals surface area (Å²) in [5, 5.41) is 12.8. The van der Waals surface area contributed by atoms with Gasteiger partial charge in [0.15, 0.2) is 0 Å². The number of amides is 2. The number of hydrogen-bond acceptors (Lipinski definition) is 3. The molecule has 5 nitrogen and oxygen atoms in total. The maximum absolute atomic E-state index is 13.4. The zero-order valence-electron chi connectivity index (χ0n) is 14.9. The van der Waals surface area contributed by atoms with E-state index >= 15 is 0 Å². The summed E-state index contributed by atoms with van der Waals surface area (Å²) in [5.41, 5.74) is 2.52. The minimum Gasteiger partial charge on any atom is -0.394 e. The molecule has 2 aliphatic heterocycles. The van der Waals surface area contributed by atoms with Gasteiger partial charge in [0, 0.05) is 35.4 Å². The van der Waals surface area contributed by atoms with Crippen LogP contribution in [0.4, 0.5) is 20.6 Å². The number of benzene rings is 2. The van der Waals surface area contributed by atoms with Gasteiger partial charge in [0.05, 0.1) is 18.7 Å². The van der Waals surface area contributed by atoms with Crippen LogP contribution in [0, 0.1) is 11.7 Å². The van der Waals surface area contributed by atoms with Crippen LogP contribution in [-0.4, -0.2) is 42.3 Å². The number of likely N-dealkylation sites (N-methyl/N-ethyl adjacent to an activating group) is 1. The van der Waals surface area contributed by atoms with Crippen LogP contribution in [0.1, 0.15) is 18.0 Å². The van der Waals surface area contributed by atoms with Crippen LogP contribution < -0.4 is 10.2 Å². The van der Waals surface area contributed by atoms with Crippen LogP contribution in [0.25, 0.3) is 0 Å². The fraction of sp³-hybridized carbons (Fsp3) is 0.350. The first-order valence-electron chi connectivity index (χ1n) is 8.96. The minimum atomic E-state index is -0.388. The smallest absolute Gasteiger partial charge is 0.322 e. The fourth-order valence-electron chi connectivity index (χ4n) is 4.41. The summed E-state index contributed by atoms with van der Waals surface area (Å²) < 4.78 is 14.4. The number of nitrogens with zero attached hydrogens (tertiary/aromatic N) is 2. The van der Waals surface area contributed by atoms with E-state index in [-0.39, 0.29) is 36.5 Å². The van der Waals surface area contributed by atoms with Crippen LogP contribution in [0.5, 0.6) is 0 Å². The van der Waals surface area contributed by atoms with Crippen LogP contribution >= 0.6 is 15.9 Å². The maximum atomic E-state index is 13.4. The minimum absolute atomic E-state index is 0.0343. The lowest BCUT2D eigenvalue weighted by atomic mass is 9.82. The molecule has 0 unspecified atom stereocenters. The van der Waals surface area contributed by atoms with E-state index < -0.39 is 0 Å². The number of aliphatic hydroxyl groups is 1. The molecule has 3 atom stereocenters. The van der Waals surface area contributed by atoms with Gasteiger partial charge in [-0.05, 0) is 48.4 Å². The highest BCUT2D eigenvalue weighted by molar-refractivity contribution is 9.10. The molecule has 2 amide bonds. The zero-order valence-corrected chi connectivity index (χ0v) is 16.5. The number of carbonyl (C=O) groups is 1. The van der Waals surface area contributed by atoms with Crippen LogP contribution in [0.15, 0.2) is 46.9 Å². The highest BCUT2D eigenvalue weighted by Crippen LogP contribution is 2.49. The molecule has 0 saturated carbocycles. The van der Waals surface area contributed by atoms with E-state index in [9.17, 15) is 14.3 Å². The lowest BCUT2D eigenvalue weighted by Gasteiger charge is -2.44. The Kier molecular flexibility index (Phi) is 4.82. The first-order valence-corrected chi connectivity index (χ1v) is 9.75. The number of nitrogens with one attached hydrogen (secondary N) is 1. The van der Waals surface area contributed by atoms with Crippen molar-refractivity contribution >= 4 is 33.3 Å². The lowest BCUT2D eigenvalue weighted by Crippen LogP contribution is -2.48. The summed E-state index contributed by atoms with van der Waals surface area (Å²) in [7, 11) is 1.99. The van der Waals surface area contributed by atoms with Crippen LogP contribution in [0.2, 0.25) is 0 Å². The number of carbonyl (C=O) groups excluding carboxylic acids is 1. The van der Waals surface area contributed by atoms with E-state index in [1.807, 2.05) is 25.2 Å². The third-order valence-corrected chi connectivity index (χ3v) is 6.14. The van der Waals surface area contributed by atoms with Gasteiger partial charge in [-0.3, -0.25) is 0 Å². The normalized spacial score (nSPS) is 23.8. The van der Waals surface area contributed by atoms with Crippen molar-refractivity contribution in [2.45, 2.75) is 18.5 Å². The molecule has 0 aliphatic carbocycles. The molecular weight excluding hydrogens is 413 g/mol. The third-order valence-electron chi connectivity index (χ3n) is 5.65. The standard InChI is InChI=1S/C20H21BrFN3O2/c1-24-17-6-5-12(21)9-16(17)19-15(18(24)11-26)7-8-25(19)20(27)23-14-4-2-3-13(22)10-14/h2-6,9-10,15,18-19,26H,7-8,11H2,1H3,(H,23,27)/t15-,18+,19-/m0/s1. The first kappa shape index (κ1) is 18.3. The van der Waals surface area contributed by atoms with Gasteiger partial charge in [-0.2, -0.15) is 0 Å². The Morgan fingerprint density at radius 1 is 1.33 bits per heavy atom. The lowest BCUT2D eigenvalue weighted by molar-refractivity contribution is 0.168. The second-order valence-electron chi connectivity index (χ2n) is 7.10. The molecule has 2 heterocycles. The number of aliphatic hydroxyl groups excluding tert-OH is 1. The molecule has 0 spiro atoms. The molecule has 2 aromatic rings. The van der Waals surface area contributed by atoms with E-state index in [2.05, 4.69) is 26.1 Å². The third kappa shape index (κ3) is 3.19. The molecular formula is C20H21BrFN3O2. The zero-order chi connectivity index (χ0) is 19.1. The summed E-state index contributed by atoms with van der Waals surface area (Å²) in [5.74, 6) is -0.249. The van der Waals surface area contributed by atoms with Crippen molar-refractivity contribution in [2.75, 3.05) is 30.4 Å². The monoisotopic (exact) mass is 433 g/mol. The quantitative estimate of drug-likeness (QED) is 0.752. The Hall–Kier alpha value is -2.12. The van der Waals surface area contributed by atoms with Gasteiger partial charge in [0.1, 0.15) is 5.82 Å². The van der Waals surface area contributed by atoms with Gasteiger partial charge < -0.3 is 20.2 Å². The topological polar surface area (TPSA) is 55.8 Å². The van der Waals surface area contributed by atoms with Gasteiger partial charge in [0.25, 0.3) is 0 Å². The van der Waals surface area contributed by atoms with Crippen molar-refractivity contribution < 1.29 is 14.3 Å². The Morgan fingerprint density at radius 3 is 2.89 bits per heavy atom. The highest BCUT2D eigenvalue weighted by atomic mass is 79.9. The Morgan fingerprint density at radius 2 is 2.15 bits per heavy atom. The van der Waals surface area contributed by atoms with Crippen LogP contribution in [0.3, 0.4) is 0 Å². The van der Waals surface area contributed by atoms with Gasteiger partial charge >= 0.3 is 6.03 Å². The number of rotatable bonds is 2. The molecule has 2 aliphatic rings. The number of fused-ring (bicyclic) bond motifs is 3. The molecule has 2 N–H and O–H groups in total. The van der Waals surface area contributed by atoms with E-state index in [0.29, 0.717) is 12.2 Å². The van der Waals surface area contributed by atoms with E-state index in [4.69, 9.17) is 0 Å². The van der Waals surface area contributed by atoms with Gasteiger partial charge in [0.2, 0.25) is 0 Å². The van der Waals surface area contributed by atoms with Crippen LogP contribution in [-0.2, 0) is 0 Å². The van der Waals surface area contributed by atoms with Crippen molar-refractivity contribution in [3.05, 3.63) is 58.3 Å². The van der Waals surface area contributed by atoms with Crippen molar-refractivity contribution in [2.24, 2.45) is 5.92 Å². The summed E-state index contributed by atoms with van der Waals surface area (Å²) in [4.78, 5) is 16.9. The molecule has 2 aromatic carbocycles. The molecule has 0 bridgehead atoms. The predicted octanol–water partition coefficient (Wildman–Crippen LogP) is 3.99. The molecule has 1 saturated heterocycles. The Balaban J connectivity index is 1.68. The van der Waals surface area contributed by atoms with Crippen molar-refractivity contribution in [3.8, 4) is 0 Å². The number of anilines is 2. The van der Waals surface area contributed by atoms with Gasteiger partial charge in [-0.1, -0.05) is 22.0 Å². The summed E-state index contributed by atoms with van der Waals surface area (Å²) in [6.07, 6.45) is 0.808. The number of likely N-dealkylation sites (tertiary alicyclic amines) is 1. The Bertz CT molecular complexity index is 878. The number of hydrogen-bond donors (Lipinski definition) is 2. The molecule has 27 heavy (non-hydrogen) atoms. The molecule has 0 aromatic heterocycles. The van der Waals surface area contributed by atoms with E-state index in [1.54, 1.807) is 17.0 Å². The molecule has 7 heteroatoms. The Labute approximate surface area is 165 Å². The van der Waals surface area contributed by atoms with E-state index in [0.717, 1.165) is 22.1 Å². The largest absolute Gasteiger partial charge is 0.394 e. The fourth-order valence-corrected chi connectivity index (χ4v) is 4.79. The number of urea groups is 1. The predicted molar refractivity (Wildman–Crippen MR) is 106 cm³/mol. The van der Waals surface area contributed by atoms with Crippen molar-refractivity contribution in [3.63, 3.8) is 0 Å². The highest BCUT2D eigenvalue weighted by Gasteiger charge is 2.47.